The molecule has 0 saturated heterocycles. The summed E-state index contributed by atoms with van der Waals surface area (Å²) in [5.41, 5.74) is 0.0878. The number of unbranched alkanes of at least 4 members (excludes halogenated alkanes) is 1. The number of carbonyl (C=O) groups is 5. The van der Waals surface area contributed by atoms with Crippen LogP contribution < -0.4 is 21.3 Å². The predicted octanol–water partition coefficient (Wildman–Crippen LogP) is 1.20. The summed E-state index contributed by atoms with van der Waals surface area (Å²) in [4.78, 5) is 61.3. The number of rotatable bonds is 13. The minimum atomic E-state index is -0.995. The van der Waals surface area contributed by atoms with Crippen molar-refractivity contribution in [1.29, 1.82) is 0 Å². The van der Waals surface area contributed by atoms with E-state index < -0.39 is 54.0 Å². The Bertz CT molecular complexity index is 884. The third-order valence-electron chi connectivity index (χ3n) is 4.82. The Morgan fingerprint density at radius 2 is 1.53 bits per heavy atom. The molecule has 4 N–H and O–H groups in total. The smallest absolute Gasteiger partial charge is 0.408 e. The molecule has 11 heteroatoms. The van der Waals surface area contributed by atoms with Crippen molar-refractivity contribution < 1.29 is 33.4 Å². The summed E-state index contributed by atoms with van der Waals surface area (Å²) in [5, 5.41) is 9.95. The average Bonchev–Trinajstić information content (AvgIpc) is 2.82. The van der Waals surface area contributed by atoms with Gasteiger partial charge in [0.25, 0.3) is 0 Å². The van der Waals surface area contributed by atoms with E-state index in [1.807, 2.05) is 37.3 Å². The zero-order valence-electron chi connectivity index (χ0n) is 21.6. The van der Waals surface area contributed by atoms with Gasteiger partial charge in [0.2, 0.25) is 17.7 Å². The standard InChI is InChI=1S/C25H38N4O7/c1-6-7-13-18(23(33)35-5)29-22(32)19(14-17-11-9-8-10-12-17)28-21(31)16-26-20(30)15-27-24(34)36-25(2,3)4/h8-12,18-19H,6-7,13-16H2,1-5H3,(H,26,30)(H,27,34)(H,28,31)(H,29,32)/t18-,19+/m0/s1. The van der Waals surface area contributed by atoms with E-state index in [9.17, 15) is 24.0 Å². The van der Waals surface area contributed by atoms with Crippen LogP contribution in [0.5, 0.6) is 0 Å². The summed E-state index contributed by atoms with van der Waals surface area (Å²) in [6.07, 6.45) is 1.36. The summed E-state index contributed by atoms with van der Waals surface area (Å²) < 4.78 is 9.84. The first-order valence-corrected chi connectivity index (χ1v) is 11.9. The van der Waals surface area contributed by atoms with Crippen LogP contribution in [-0.2, 0) is 35.1 Å². The van der Waals surface area contributed by atoms with Crippen LogP contribution in [0.2, 0.25) is 0 Å². The van der Waals surface area contributed by atoms with E-state index in [0.717, 1.165) is 12.0 Å². The zero-order chi connectivity index (χ0) is 27.1. The van der Waals surface area contributed by atoms with Crippen molar-refractivity contribution in [3.8, 4) is 0 Å². The highest BCUT2D eigenvalue weighted by Gasteiger charge is 2.27. The molecule has 1 rings (SSSR count). The number of carbonyl (C=O) groups excluding carboxylic acids is 5. The number of alkyl carbamates (subject to hydrolysis) is 1. The first-order chi connectivity index (χ1) is 16.9. The van der Waals surface area contributed by atoms with Gasteiger partial charge in [-0.1, -0.05) is 50.1 Å². The van der Waals surface area contributed by atoms with Crippen molar-refractivity contribution >= 4 is 29.8 Å². The highest BCUT2D eigenvalue weighted by Crippen LogP contribution is 2.07. The molecule has 0 radical (unpaired) electrons. The molecular formula is C25H38N4O7. The van der Waals surface area contributed by atoms with Crippen LogP contribution in [0, 0.1) is 0 Å². The Balaban J connectivity index is 2.74. The SMILES string of the molecule is CCCC[C@H](NC(=O)[C@@H](Cc1ccccc1)NC(=O)CNC(=O)CNC(=O)OC(C)(C)C)C(=O)OC. The number of nitrogens with one attached hydrogen (secondary N) is 4. The number of hydrogen-bond donors (Lipinski definition) is 4. The van der Waals surface area contributed by atoms with Gasteiger partial charge >= 0.3 is 12.1 Å². The normalized spacial score (nSPS) is 12.5. The first kappa shape index (κ1) is 30.4. The largest absolute Gasteiger partial charge is 0.467 e. The number of esters is 1. The maximum Gasteiger partial charge on any atom is 0.408 e. The fraction of sp³-hybridized carbons (Fsp3) is 0.560. The van der Waals surface area contributed by atoms with E-state index in [1.165, 1.54) is 7.11 Å². The van der Waals surface area contributed by atoms with E-state index >= 15 is 0 Å². The molecule has 0 aliphatic rings. The minimum absolute atomic E-state index is 0.175. The summed E-state index contributed by atoms with van der Waals surface area (Å²) in [7, 11) is 1.25. The average molecular weight is 507 g/mol. The van der Waals surface area contributed by atoms with E-state index in [-0.39, 0.29) is 13.0 Å². The van der Waals surface area contributed by atoms with Crippen LogP contribution in [0.1, 0.15) is 52.5 Å². The molecule has 1 aromatic carbocycles. The second-order valence-electron chi connectivity index (χ2n) is 9.17. The molecular weight excluding hydrogens is 468 g/mol. The van der Waals surface area contributed by atoms with E-state index in [2.05, 4.69) is 21.3 Å². The maximum absolute atomic E-state index is 13.0. The molecule has 2 atom stereocenters. The third kappa shape index (κ3) is 12.7. The Morgan fingerprint density at radius 3 is 2.11 bits per heavy atom. The molecule has 0 aromatic heterocycles. The number of amides is 4. The molecule has 0 aliphatic carbocycles. The molecule has 0 unspecified atom stereocenters. The highest BCUT2D eigenvalue weighted by molar-refractivity contribution is 5.92. The first-order valence-electron chi connectivity index (χ1n) is 11.9. The lowest BCUT2D eigenvalue weighted by molar-refractivity contribution is -0.145. The lowest BCUT2D eigenvalue weighted by Crippen LogP contribution is -2.54. The molecule has 4 amide bonds. The Kier molecular flexibility index (Phi) is 13.0. The van der Waals surface area contributed by atoms with Gasteiger partial charge in [-0.15, -0.1) is 0 Å². The lowest BCUT2D eigenvalue weighted by Gasteiger charge is -2.22. The third-order valence-corrected chi connectivity index (χ3v) is 4.82. The molecule has 0 saturated carbocycles. The lowest BCUT2D eigenvalue weighted by atomic mass is 10.0. The van der Waals surface area contributed by atoms with Gasteiger partial charge in [0.05, 0.1) is 13.7 Å². The van der Waals surface area contributed by atoms with Crippen molar-refractivity contribution in [3.05, 3.63) is 35.9 Å². The van der Waals surface area contributed by atoms with E-state index in [0.29, 0.717) is 12.8 Å². The Morgan fingerprint density at radius 1 is 0.889 bits per heavy atom. The molecule has 0 bridgehead atoms. The Labute approximate surface area is 212 Å². The summed E-state index contributed by atoms with van der Waals surface area (Å²) >= 11 is 0. The molecule has 0 heterocycles. The fourth-order valence-electron chi connectivity index (χ4n) is 3.08. The van der Waals surface area contributed by atoms with Gasteiger partial charge in [0.15, 0.2) is 0 Å². The molecule has 1 aromatic rings. The Hall–Kier alpha value is -3.63. The number of ether oxygens (including phenoxy) is 2. The second kappa shape index (κ2) is 15.4. The van der Waals surface area contributed by atoms with Gasteiger partial charge in [-0.25, -0.2) is 9.59 Å². The highest BCUT2D eigenvalue weighted by atomic mass is 16.6. The van der Waals surface area contributed by atoms with E-state index in [4.69, 9.17) is 9.47 Å². The summed E-state index contributed by atoms with van der Waals surface area (Å²) in [5.74, 6) is -2.33. The fourth-order valence-corrected chi connectivity index (χ4v) is 3.08. The van der Waals surface area contributed by atoms with Crippen molar-refractivity contribution in [2.45, 2.75) is 71.1 Å². The van der Waals surface area contributed by atoms with Crippen molar-refractivity contribution in [1.82, 2.24) is 21.3 Å². The number of methoxy groups -OCH3 is 1. The van der Waals surface area contributed by atoms with Gasteiger partial charge in [0.1, 0.15) is 24.2 Å². The number of hydrogen-bond acceptors (Lipinski definition) is 7. The predicted molar refractivity (Wildman–Crippen MR) is 133 cm³/mol. The monoisotopic (exact) mass is 506 g/mol. The summed E-state index contributed by atoms with van der Waals surface area (Å²) in [6, 6.07) is 7.24. The van der Waals surface area contributed by atoms with Gasteiger partial charge in [-0.05, 0) is 32.8 Å². The van der Waals surface area contributed by atoms with Crippen LogP contribution in [0.3, 0.4) is 0 Å². The second-order valence-corrected chi connectivity index (χ2v) is 9.17. The molecule has 36 heavy (non-hydrogen) atoms. The van der Waals surface area contributed by atoms with Gasteiger partial charge in [-0.2, -0.15) is 0 Å². The molecule has 0 fully saturated rings. The van der Waals surface area contributed by atoms with Crippen LogP contribution in [0.4, 0.5) is 4.79 Å². The van der Waals surface area contributed by atoms with Crippen LogP contribution in [0.25, 0.3) is 0 Å². The molecule has 0 aliphatic heterocycles. The maximum atomic E-state index is 13.0. The van der Waals surface area contributed by atoms with E-state index in [1.54, 1.807) is 20.8 Å². The van der Waals surface area contributed by atoms with Crippen molar-refractivity contribution in [2.75, 3.05) is 20.2 Å². The van der Waals surface area contributed by atoms with Crippen LogP contribution in [0.15, 0.2) is 30.3 Å². The van der Waals surface area contributed by atoms with Crippen LogP contribution in [-0.4, -0.2) is 67.7 Å². The van der Waals surface area contributed by atoms with Crippen molar-refractivity contribution in [2.24, 2.45) is 0 Å². The van der Waals surface area contributed by atoms with Gasteiger partial charge in [0, 0.05) is 6.42 Å². The van der Waals surface area contributed by atoms with Crippen LogP contribution >= 0.6 is 0 Å². The minimum Gasteiger partial charge on any atom is -0.467 e. The topological polar surface area (TPSA) is 152 Å². The van der Waals surface area contributed by atoms with Gasteiger partial charge in [-0.3, -0.25) is 14.4 Å². The quantitative estimate of drug-likeness (QED) is 0.293. The molecule has 0 spiro atoms. The number of benzene rings is 1. The molecule has 200 valence electrons. The zero-order valence-corrected chi connectivity index (χ0v) is 21.6. The van der Waals surface area contributed by atoms with Gasteiger partial charge < -0.3 is 30.7 Å². The molecule has 11 nitrogen and oxygen atoms in total. The summed E-state index contributed by atoms with van der Waals surface area (Å²) in [6.45, 7) is 6.24. The van der Waals surface area contributed by atoms with Crippen molar-refractivity contribution in [3.63, 3.8) is 0 Å².